The molecule has 0 spiro atoms. The Balaban J connectivity index is 1.90. The lowest BCUT2D eigenvalue weighted by Gasteiger charge is -2.44. The molecule has 16 heavy (non-hydrogen) atoms. The number of morpholine rings is 1. The van der Waals surface area contributed by atoms with Gasteiger partial charge in [-0.25, -0.2) is 0 Å². The van der Waals surface area contributed by atoms with Crippen LogP contribution in [0.4, 0.5) is 0 Å². The van der Waals surface area contributed by atoms with Gasteiger partial charge in [-0.05, 0) is 45.3 Å². The predicted molar refractivity (Wildman–Crippen MR) is 62.2 cm³/mol. The molecule has 2 aliphatic heterocycles. The monoisotopic (exact) mass is 226 g/mol. The van der Waals surface area contributed by atoms with Gasteiger partial charge in [0.25, 0.3) is 0 Å². The van der Waals surface area contributed by atoms with Crippen molar-refractivity contribution < 1.29 is 9.53 Å². The minimum atomic E-state index is -0.145. The molecule has 2 aliphatic rings. The number of likely N-dealkylation sites (tertiary alicyclic amines) is 1. The number of hydrogen-bond acceptors (Lipinski definition) is 3. The molecule has 4 nitrogen and oxygen atoms in total. The lowest BCUT2D eigenvalue weighted by Crippen LogP contribution is -2.56. The lowest BCUT2D eigenvalue weighted by molar-refractivity contribution is -0.151. The van der Waals surface area contributed by atoms with Crippen molar-refractivity contribution in [1.82, 2.24) is 10.2 Å². The molecule has 2 rings (SSSR count). The zero-order valence-electron chi connectivity index (χ0n) is 10.3. The second kappa shape index (κ2) is 4.72. The van der Waals surface area contributed by atoms with Crippen molar-refractivity contribution in [3.8, 4) is 0 Å². The molecule has 0 radical (unpaired) electrons. The average Bonchev–Trinajstić information content (AvgIpc) is 2.33. The maximum absolute atomic E-state index is 11.1. The highest BCUT2D eigenvalue weighted by Crippen LogP contribution is 2.32. The summed E-state index contributed by atoms with van der Waals surface area (Å²) in [6.45, 7) is 8.70. The number of nitrogens with one attached hydrogen (secondary N) is 1. The molecule has 2 fully saturated rings. The van der Waals surface area contributed by atoms with Gasteiger partial charge >= 0.3 is 0 Å². The van der Waals surface area contributed by atoms with E-state index < -0.39 is 0 Å². The van der Waals surface area contributed by atoms with Gasteiger partial charge in [0.05, 0.1) is 5.60 Å². The van der Waals surface area contributed by atoms with Crippen molar-refractivity contribution in [2.75, 3.05) is 32.8 Å². The minimum absolute atomic E-state index is 0.0171. The van der Waals surface area contributed by atoms with Crippen LogP contribution in [0.3, 0.4) is 0 Å². The number of ether oxygens (including phenoxy) is 1. The highest BCUT2D eigenvalue weighted by Gasteiger charge is 2.39. The lowest BCUT2D eigenvalue weighted by atomic mass is 9.81. The molecule has 0 bridgehead atoms. The van der Waals surface area contributed by atoms with Gasteiger partial charge in [-0.1, -0.05) is 6.92 Å². The Bertz CT molecular complexity index is 250. The Labute approximate surface area is 97.3 Å². The Morgan fingerprint density at radius 3 is 2.69 bits per heavy atom. The van der Waals surface area contributed by atoms with Crippen LogP contribution in [0, 0.1) is 5.92 Å². The fourth-order valence-electron chi connectivity index (χ4n) is 2.73. The quantitative estimate of drug-likeness (QED) is 0.750. The van der Waals surface area contributed by atoms with E-state index >= 15 is 0 Å². The molecular formula is C12H22N2O2. The highest BCUT2D eigenvalue weighted by atomic mass is 16.5. The number of nitrogens with zero attached hydrogens (tertiary/aromatic N) is 1. The van der Waals surface area contributed by atoms with Gasteiger partial charge in [-0.2, -0.15) is 0 Å². The van der Waals surface area contributed by atoms with Crippen LogP contribution in [0.2, 0.25) is 0 Å². The Morgan fingerprint density at radius 1 is 1.50 bits per heavy atom. The second-order valence-electron chi connectivity index (χ2n) is 5.09. The summed E-state index contributed by atoms with van der Waals surface area (Å²) in [7, 11) is 0. The zero-order valence-corrected chi connectivity index (χ0v) is 10.3. The van der Waals surface area contributed by atoms with E-state index in [9.17, 15) is 4.79 Å². The first kappa shape index (κ1) is 11.9. The van der Waals surface area contributed by atoms with Crippen molar-refractivity contribution in [2.45, 2.75) is 32.3 Å². The van der Waals surface area contributed by atoms with E-state index in [1.165, 1.54) is 12.8 Å². The molecule has 0 aromatic heterocycles. The Kier molecular flexibility index (Phi) is 3.50. The van der Waals surface area contributed by atoms with Crippen molar-refractivity contribution in [3.63, 3.8) is 0 Å². The third-order valence-corrected chi connectivity index (χ3v) is 4.07. The summed E-state index contributed by atoms with van der Waals surface area (Å²) in [5, 5.41) is 2.92. The number of hydrogen-bond donors (Lipinski definition) is 1. The zero-order chi connectivity index (χ0) is 11.6. The molecule has 0 aliphatic carbocycles. The number of carbonyl (C=O) groups is 1. The van der Waals surface area contributed by atoms with Gasteiger partial charge in [-0.3, -0.25) is 4.79 Å². The molecular weight excluding hydrogens is 204 g/mol. The normalized spacial score (nSPS) is 33.8. The predicted octanol–water partition coefficient (Wildman–Crippen LogP) is 0.623. The number of carbonyl (C=O) groups excluding carboxylic acids is 1. The fraction of sp³-hybridized carbons (Fsp3) is 0.917. The van der Waals surface area contributed by atoms with Crippen LogP contribution in [-0.4, -0.2) is 49.2 Å². The third kappa shape index (κ3) is 2.38. The van der Waals surface area contributed by atoms with E-state index in [1.807, 2.05) is 0 Å². The van der Waals surface area contributed by atoms with E-state index in [4.69, 9.17) is 4.74 Å². The molecule has 1 amide bonds. The molecule has 2 saturated heterocycles. The summed E-state index contributed by atoms with van der Waals surface area (Å²) in [4.78, 5) is 13.6. The number of rotatable bonds is 2. The van der Waals surface area contributed by atoms with Crippen molar-refractivity contribution in [3.05, 3.63) is 0 Å². The Morgan fingerprint density at radius 2 is 2.19 bits per heavy atom. The first-order chi connectivity index (χ1) is 7.64. The summed E-state index contributed by atoms with van der Waals surface area (Å²) in [5.74, 6) is 0.597. The van der Waals surface area contributed by atoms with Crippen LogP contribution in [0.25, 0.3) is 0 Å². The summed E-state index contributed by atoms with van der Waals surface area (Å²) < 4.78 is 5.76. The van der Waals surface area contributed by atoms with E-state index in [0.717, 1.165) is 19.6 Å². The van der Waals surface area contributed by atoms with Gasteiger partial charge in [-0.15, -0.1) is 0 Å². The summed E-state index contributed by atoms with van der Waals surface area (Å²) in [6, 6.07) is 0. The van der Waals surface area contributed by atoms with E-state index in [-0.39, 0.29) is 18.1 Å². The fourth-order valence-corrected chi connectivity index (χ4v) is 2.73. The van der Waals surface area contributed by atoms with Crippen LogP contribution < -0.4 is 5.32 Å². The summed E-state index contributed by atoms with van der Waals surface area (Å²) >= 11 is 0. The first-order valence-corrected chi connectivity index (χ1v) is 6.27. The smallest absolute Gasteiger partial charge is 0.246 e. The summed E-state index contributed by atoms with van der Waals surface area (Å²) in [6.07, 6.45) is 2.36. The Hall–Kier alpha value is -0.610. The van der Waals surface area contributed by atoms with Crippen molar-refractivity contribution in [1.29, 1.82) is 0 Å². The topological polar surface area (TPSA) is 41.6 Å². The third-order valence-electron chi connectivity index (χ3n) is 4.07. The first-order valence-electron chi connectivity index (χ1n) is 6.27. The van der Waals surface area contributed by atoms with Crippen LogP contribution in [0.15, 0.2) is 0 Å². The van der Waals surface area contributed by atoms with E-state index in [1.54, 1.807) is 0 Å². The highest BCUT2D eigenvalue weighted by molar-refractivity contribution is 5.78. The van der Waals surface area contributed by atoms with E-state index in [2.05, 4.69) is 24.1 Å². The van der Waals surface area contributed by atoms with Crippen molar-refractivity contribution in [2.24, 2.45) is 5.92 Å². The number of piperidine rings is 1. The van der Waals surface area contributed by atoms with Crippen LogP contribution in [0.1, 0.15) is 26.7 Å². The van der Waals surface area contributed by atoms with Gasteiger partial charge in [0, 0.05) is 6.54 Å². The maximum atomic E-state index is 11.1. The molecule has 1 N–H and O–H groups in total. The van der Waals surface area contributed by atoms with Crippen LogP contribution in [0.5, 0.6) is 0 Å². The largest absolute Gasteiger partial charge is 0.363 e. The second-order valence-corrected chi connectivity index (χ2v) is 5.09. The minimum Gasteiger partial charge on any atom is -0.363 e. The average molecular weight is 226 g/mol. The molecule has 1 unspecified atom stereocenters. The molecule has 4 heteroatoms. The summed E-state index contributed by atoms with van der Waals surface area (Å²) in [5.41, 5.74) is -0.145. The van der Waals surface area contributed by atoms with Crippen molar-refractivity contribution >= 4 is 5.91 Å². The van der Waals surface area contributed by atoms with Crippen LogP contribution >= 0.6 is 0 Å². The van der Waals surface area contributed by atoms with Crippen LogP contribution in [-0.2, 0) is 9.53 Å². The number of amides is 1. The molecule has 2 heterocycles. The standard InChI is InChI=1S/C12H22N2O2/c1-3-14-6-4-10(5-7-14)12(2)9-13-11(15)8-16-12/h10H,3-9H2,1-2H3,(H,13,15). The molecule has 0 aromatic carbocycles. The van der Waals surface area contributed by atoms with Gasteiger partial charge in [0.15, 0.2) is 0 Å². The van der Waals surface area contributed by atoms with Gasteiger partial charge in [0.2, 0.25) is 5.91 Å². The molecule has 92 valence electrons. The SMILES string of the molecule is CCN1CCC(C2(C)CNC(=O)CO2)CC1. The molecule has 0 aromatic rings. The molecule has 1 atom stereocenters. The molecule has 0 saturated carbocycles. The maximum Gasteiger partial charge on any atom is 0.246 e. The van der Waals surface area contributed by atoms with Gasteiger partial charge < -0.3 is 15.0 Å². The van der Waals surface area contributed by atoms with Gasteiger partial charge in [0.1, 0.15) is 6.61 Å². The van der Waals surface area contributed by atoms with E-state index in [0.29, 0.717) is 12.5 Å².